The molecular weight excluding hydrogens is 316 g/mol. The number of rotatable bonds is 4. The zero-order valence-electron chi connectivity index (χ0n) is 13.9. The van der Waals surface area contributed by atoms with Gasteiger partial charge in [0.05, 0.1) is 0 Å². The topological polar surface area (TPSA) is 72.1 Å². The summed E-state index contributed by atoms with van der Waals surface area (Å²) >= 11 is 0. The van der Waals surface area contributed by atoms with Crippen molar-refractivity contribution in [2.75, 3.05) is 0 Å². The molecule has 3 aromatic rings. The van der Waals surface area contributed by atoms with E-state index in [-0.39, 0.29) is 11.9 Å². The summed E-state index contributed by atoms with van der Waals surface area (Å²) in [5.74, 6) is 1.10. The first-order valence-corrected chi connectivity index (χ1v) is 8.30. The van der Waals surface area contributed by atoms with Crippen molar-refractivity contribution in [1.82, 2.24) is 20.0 Å². The van der Waals surface area contributed by atoms with E-state index >= 15 is 0 Å². The van der Waals surface area contributed by atoms with Crippen molar-refractivity contribution in [2.45, 2.75) is 32.4 Å². The van der Waals surface area contributed by atoms with Gasteiger partial charge in [0.2, 0.25) is 17.6 Å². The number of aryl methyl sites for hydroxylation is 1. The molecule has 3 heterocycles. The summed E-state index contributed by atoms with van der Waals surface area (Å²) in [6, 6.07) is 11.7. The second kappa shape index (κ2) is 6.47. The van der Waals surface area contributed by atoms with Crippen LogP contribution in [0, 0.1) is 6.92 Å². The first kappa shape index (κ1) is 15.5. The van der Waals surface area contributed by atoms with Gasteiger partial charge >= 0.3 is 0 Å². The van der Waals surface area contributed by atoms with Gasteiger partial charge in [0.15, 0.2) is 0 Å². The first-order valence-electron chi connectivity index (χ1n) is 8.30. The molecule has 1 unspecified atom stereocenters. The van der Waals surface area contributed by atoms with Crippen LogP contribution in [0.25, 0.3) is 11.4 Å². The van der Waals surface area contributed by atoms with E-state index in [0.717, 1.165) is 11.1 Å². The van der Waals surface area contributed by atoms with Gasteiger partial charge in [-0.05, 0) is 31.0 Å². The monoisotopic (exact) mass is 334 g/mol. The highest BCUT2D eigenvalue weighted by Crippen LogP contribution is 2.34. The average molecular weight is 334 g/mol. The molecule has 2 aromatic heterocycles. The molecule has 126 valence electrons. The molecule has 25 heavy (non-hydrogen) atoms. The van der Waals surface area contributed by atoms with Crippen molar-refractivity contribution in [3.8, 4) is 11.4 Å². The molecule has 4 rings (SSSR count). The Kier molecular flexibility index (Phi) is 4.01. The molecule has 0 bridgehead atoms. The van der Waals surface area contributed by atoms with Gasteiger partial charge in [0, 0.05) is 30.9 Å². The summed E-state index contributed by atoms with van der Waals surface area (Å²) in [7, 11) is 0. The van der Waals surface area contributed by atoms with Crippen LogP contribution < -0.4 is 0 Å². The van der Waals surface area contributed by atoms with E-state index in [9.17, 15) is 4.79 Å². The molecular formula is C19H18N4O2. The fourth-order valence-corrected chi connectivity index (χ4v) is 3.18. The van der Waals surface area contributed by atoms with Crippen LogP contribution in [-0.2, 0) is 11.3 Å². The Morgan fingerprint density at radius 3 is 3.00 bits per heavy atom. The van der Waals surface area contributed by atoms with Crippen LogP contribution in [0.3, 0.4) is 0 Å². The number of hydrogen-bond acceptors (Lipinski definition) is 5. The molecule has 1 atom stereocenters. The summed E-state index contributed by atoms with van der Waals surface area (Å²) < 4.78 is 5.46. The number of carbonyl (C=O) groups is 1. The molecule has 1 fully saturated rings. The molecule has 6 nitrogen and oxygen atoms in total. The van der Waals surface area contributed by atoms with Gasteiger partial charge in [-0.25, -0.2) is 0 Å². The standard InChI is InChI=1S/C19H18N4O2/c1-13-4-2-5-14(10-13)12-23-16(7-8-17(23)24)19-21-18(22-25-19)15-6-3-9-20-11-15/h2-6,9-11,16H,7-8,12H2,1H3. The number of amides is 1. The molecule has 1 aromatic carbocycles. The maximum atomic E-state index is 12.4. The normalized spacial score (nSPS) is 17.2. The smallest absolute Gasteiger partial charge is 0.249 e. The molecule has 0 radical (unpaired) electrons. The fraction of sp³-hybridized carbons (Fsp3) is 0.263. The minimum Gasteiger partial charge on any atom is -0.337 e. The highest BCUT2D eigenvalue weighted by molar-refractivity contribution is 5.78. The Morgan fingerprint density at radius 2 is 2.20 bits per heavy atom. The van der Waals surface area contributed by atoms with Gasteiger partial charge in [-0.15, -0.1) is 0 Å². The van der Waals surface area contributed by atoms with E-state index in [0.29, 0.717) is 31.1 Å². The number of likely N-dealkylation sites (tertiary alicyclic amines) is 1. The van der Waals surface area contributed by atoms with Crippen LogP contribution in [0.5, 0.6) is 0 Å². The zero-order valence-corrected chi connectivity index (χ0v) is 13.9. The zero-order chi connectivity index (χ0) is 17.2. The number of aromatic nitrogens is 3. The highest BCUT2D eigenvalue weighted by Gasteiger charge is 2.36. The number of carbonyl (C=O) groups excluding carboxylic acids is 1. The lowest BCUT2D eigenvalue weighted by Gasteiger charge is -2.22. The van der Waals surface area contributed by atoms with E-state index in [1.54, 1.807) is 12.4 Å². The minimum absolute atomic E-state index is 0.118. The van der Waals surface area contributed by atoms with E-state index < -0.39 is 0 Å². The van der Waals surface area contributed by atoms with Crippen molar-refractivity contribution >= 4 is 5.91 Å². The lowest BCUT2D eigenvalue weighted by Crippen LogP contribution is -2.27. The predicted octanol–water partition coefficient (Wildman–Crippen LogP) is 3.30. The van der Waals surface area contributed by atoms with Crippen LogP contribution in [0.1, 0.15) is 35.9 Å². The Hall–Kier alpha value is -3.02. The molecule has 1 aliphatic heterocycles. The lowest BCUT2D eigenvalue weighted by atomic mass is 10.1. The Labute approximate surface area is 145 Å². The van der Waals surface area contributed by atoms with Crippen molar-refractivity contribution in [1.29, 1.82) is 0 Å². The van der Waals surface area contributed by atoms with Gasteiger partial charge < -0.3 is 9.42 Å². The molecule has 1 saturated heterocycles. The van der Waals surface area contributed by atoms with E-state index in [2.05, 4.69) is 21.2 Å². The maximum Gasteiger partial charge on any atom is 0.249 e. The maximum absolute atomic E-state index is 12.4. The second-order valence-electron chi connectivity index (χ2n) is 6.26. The van der Waals surface area contributed by atoms with Crippen LogP contribution in [0.4, 0.5) is 0 Å². The van der Waals surface area contributed by atoms with Crippen molar-refractivity contribution < 1.29 is 9.32 Å². The second-order valence-corrected chi connectivity index (χ2v) is 6.26. The molecule has 0 N–H and O–H groups in total. The third kappa shape index (κ3) is 3.15. The Morgan fingerprint density at radius 1 is 1.28 bits per heavy atom. The van der Waals surface area contributed by atoms with E-state index in [1.165, 1.54) is 5.56 Å². The molecule has 0 aliphatic carbocycles. The Bertz CT molecular complexity index is 891. The fourth-order valence-electron chi connectivity index (χ4n) is 3.18. The third-order valence-electron chi connectivity index (χ3n) is 4.41. The average Bonchev–Trinajstić information content (AvgIpc) is 3.24. The van der Waals surface area contributed by atoms with Crippen LogP contribution in [0.15, 0.2) is 53.3 Å². The summed E-state index contributed by atoms with van der Waals surface area (Å²) in [6.45, 7) is 2.60. The Balaban J connectivity index is 1.59. The molecule has 6 heteroatoms. The lowest BCUT2D eigenvalue weighted by molar-refractivity contribution is -0.129. The molecule has 1 amide bonds. The summed E-state index contributed by atoms with van der Waals surface area (Å²) in [5.41, 5.74) is 3.08. The number of nitrogens with zero attached hydrogens (tertiary/aromatic N) is 4. The molecule has 1 aliphatic rings. The van der Waals surface area contributed by atoms with Crippen LogP contribution >= 0.6 is 0 Å². The van der Waals surface area contributed by atoms with Gasteiger partial charge in [-0.3, -0.25) is 9.78 Å². The van der Waals surface area contributed by atoms with Crippen LogP contribution in [-0.4, -0.2) is 25.9 Å². The summed E-state index contributed by atoms with van der Waals surface area (Å²) in [5, 5.41) is 4.05. The predicted molar refractivity (Wildman–Crippen MR) is 91.2 cm³/mol. The number of hydrogen-bond donors (Lipinski definition) is 0. The number of pyridine rings is 1. The van der Waals surface area contributed by atoms with Crippen LogP contribution in [0.2, 0.25) is 0 Å². The first-order chi connectivity index (χ1) is 12.2. The van der Waals surface area contributed by atoms with Gasteiger partial charge in [0.25, 0.3) is 0 Å². The van der Waals surface area contributed by atoms with Gasteiger partial charge in [0.1, 0.15) is 6.04 Å². The van der Waals surface area contributed by atoms with Gasteiger partial charge in [-0.2, -0.15) is 4.98 Å². The number of benzene rings is 1. The molecule has 0 spiro atoms. The quantitative estimate of drug-likeness (QED) is 0.732. The highest BCUT2D eigenvalue weighted by atomic mass is 16.5. The minimum atomic E-state index is -0.175. The SMILES string of the molecule is Cc1cccc(CN2C(=O)CCC2c2nc(-c3cccnc3)no2)c1. The van der Waals surface area contributed by atoms with Gasteiger partial charge in [-0.1, -0.05) is 35.0 Å². The largest absolute Gasteiger partial charge is 0.337 e. The van der Waals surface area contributed by atoms with Crippen molar-refractivity contribution in [2.24, 2.45) is 0 Å². The van der Waals surface area contributed by atoms with E-state index in [1.807, 2.05) is 42.2 Å². The van der Waals surface area contributed by atoms with Crippen molar-refractivity contribution in [3.05, 3.63) is 65.8 Å². The third-order valence-corrected chi connectivity index (χ3v) is 4.41. The van der Waals surface area contributed by atoms with Crippen molar-refractivity contribution in [3.63, 3.8) is 0 Å². The molecule has 0 saturated carbocycles. The summed E-state index contributed by atoms with van der Waals surface area (Å²) in [6.07, 6.45) is 4.59. The van der Waals surface area contributed by atoms with E-state index in [4.69, 9.17) is 4.52 Å². The summed E-state index contributed by atoms with van der Waals surface area (Å²) in [4.78, 5) is 22.7.